The van der Waals surface area contributed by atoms with E-state index in [0.717, 1.165) is 26.9 Å². The normalized spacial score (nSPS) is 11.7. The third-order valence-electron chi connectivity index (χ3n) is 3.57. The highest BCUT2D eigenvalue weighted by Gasteiger charge is 2.15. The van der Waals surface area contributed by atoms with Gasteiger partial charge in [-0.25, -0.2) is 0 Å². The molecule has 3 aromatic heterocycles. The molecule has 0 amide bonds. The van der Waals surface area contributed by atoms with Crippen LogP contribution in [0, 0.1) is 13.8 Å². The Balaban J connectivity index is 1.70. The van der Waals surface area contributed by atoms with Crippen LogP contribution in [0.15, 0.2) is 41.0 Å². The maximum atomic E-state index is 5.34. The summed E-state index contributed by atoms with van der Waals surface area (Å²) in [5.41, 5.74) is 3.31. The Morgan fingerprint density at radius 1 is 1.13 bits per heavy atom. The first-order chi connectivity index (χ1) is 11.2. The van der Waals surface area contributed by atoms with Crippen molar-refractivity contribution in [2.75, 3.05) is 0 Å². The van der Waals surface area contributed by atoms with Crippen molar-refractivity contribution in [2.45, 2.75) is 13.8 Å². The van der Waals surface area contributed by atoms with Crippen LogP contribution in [0.3, 0.4) is 0 Å². The first-order valence-electron chi connectivity index (χ1n) is 7.22. The number of furan rings is 1. The van der Waals surface area contributed by atoms with E-state index in [2.05, 4.69) is 46.5 Å². The highest BCUT2D eigenvalue weighted by Crippen LogP contribution is 2.25. The van der Waals surface area contributed by atoms with Crippen LogP contribution in [0.5, 0.6) is 0 Å². The number of aromatic nitrogens is 4. The van der Waals surface area contributed by atoms with Crippen LogP contribution in [0.4, 0.5) is 0 Å². The summed E-state index contributed by atoms with van der Waals surface area (Å²) in [5, 5.41) is 13.9. The van der Waals surface area contributed by atoms with Gasteiger partial charge in [0.2, 0.25) is 4.96 Å². The molecule has 0 aliphatic heterocycles. The van der Waals surface area contributed by atoms with Gasteiger partial charge in [-0.3, -0.25) is 0 Å². The molecule has 0 saturated carbocycles. The van der Waals surface area contributed by atoms with Crippen molar-refractivity contribution >= 4 is 28.4 Å². The molecule has 114 valence electrons. The number of hydrogen-bond donors (Lipinski definition) is 0. The minimum Gasteiger partial charge on any atom is -0.469 e. The summed E-state index contributed by atoms with van der Waals surface area (Å²) >= 11 is 1.51. The Morgan fingerprint density at radius 3 is 2.83 bits per heavy atom. The van der Waals surface area contributed by atoms with E-state index >= 15 is 0 Å². The number of fused-ring (bicyclic) bond motifs is 1. The third-order valence-corrected chi connectivity index (χ3v) is 4.43. The second-order valence-corrected chi connectivity index (χ2v) is 6.28. The fourth-order valence-corrected chi connectivity index (χ4v) is 3.17. The number of nitrogens with zero attached hydrogens (tertiary/aromatic N) is 4. The van der Waals surface area contributed by atoms with E-state index in [0.29, 0.717) is 5.82 Å². The van der Waals surface area contributed by atoms with Crippen LogP contribution in [-0.4, -0.2) is 19.8 Å². The molecule has 0 N–H and O–H groups in total. The summed E-state index contributed by atoms with van der Waals surface area (Å²) in [5.74, 6) is 1.52. The molecular weight excluding hydrogens is 308 g/mol. The lowest BCUT2D eigenvalue weighted by molar-refractivity contribution is 0.535. The van der Waals surface area contributed by atoms with E-state index in [1.807, 2.05) is 25.1 Å². The van der Waals surface area contributed by atoms with E-state index in [9.17, 15) is 0 Å². The number of aryl methyl sites for hydroxylation is 2. The minimum absolute atomic E-state index is 0.706. The van der Waals surface area contributed by atoms with E-state index in [-0.39, 0.29) is 0 Å². The van der Waals surface area contributed by atoms with E-state index in [1.165, 1.54) is 16.9 Å². The van der Waals surface area contributed by atoms with Crippen molar-refractivity contribution in [2.24, 2.45) is 0 Å². The van der Waals surface area contributed by atoms with Crippen molar-refractivity contribution < 1.29 is 4.42 Å². The first kappa shape index (κ1) is 13.9. The number of benzene rings is 1. The van der Waals surface area contributed by atoms with Gasteiger partial charge in [-0.05, 0) is 31.6 Å². The number of hydrogen-bond acceptors (Lipinski definition) is 5. The molecule has 0 unspecified atom stereocenters. The molecule has 0 atom stereocenters. The first-order valence-corrected chi connectivity index (χ1v) is 8.04. The van der Waals surface area contributed by atoms with Gasteiger partial charge in [0, 0.05) is 0 Å². The van der Waals surface area contributed by atoms with Gasteiger partial charge in [-0.2, -0.15) is 9.61 Å². The predicted molar refractivity (Wildman–Crippen MR) is 91.2 cm³/mol. The lowest BCUT2D eigenvalue weighted by Crippen LogP contribution is -1.90. The van der Waals surface area contributed by atoms with Crippen molar-refractivity contribution in [1.29, 1.82) is 0 Å². The minimum atomic E-state index is 0.706. The van der Waals surface area contributed by atoms with Gasteiger partial charge in [-0.1, -0.05) is 47.2 Å². The smallest absolute Gasteiger partial charge is 0.235 e. The Hall–Kier alpha value is -2.73. The van der Waals surface area contributed by atoms with E-state index in [1.54, 1.807) is 10.8 Å². The molecule has 0 spiro atoms. The molecule has 0 radical (unpaired) electrons. The largest absolute Gasteiger partial charge is 0.469 e. The van der Waals surface area contributed by atoms with Gasteiger partial charge >= 0.3 is 0 Å². The van der Waals surface area contributed by atoms with Crippen molar-refractivity contribution in [3.05, 3.63) is 58.5 Å². The topological polar surface area (TPSA) is 56.2 Å². The molecule has 4 rings (SSSR count). The van der Waals surface area contributed by atoms with Crippen LogP contribution in [-0.2, 0) is 0 Å². The molecule has 1 aromatic carbocycles. The standard InChI is InChI=1S/C17H14N4OS/c1-11-4-3-5-13(10-11)6-7-15-20-21-16(18-19-17(21)23-15)14-8-9-22-12(14)2/h3-10H,1-2H3/b7-6+. The Labute approximate surface area is 136 Å². The van der Waals surface area contributed by atoms with Crippen LogP contribution in [0.25, 0.3) is 28.5 Å². The summed E-state index contributed by atoms with van der Waals surface area (Å²) in [6.07, 6.45) is 5.71. The molecule has 0 aliphatic rings. The second kappa shape index (κ2) is 5.48. The molecule has 23 heavy (non-hydrogen) atoms. The fraction of sp³-hybridized carbons (Fsp3) is 0.118. The quantitative estimate of drug-likeness (QED) is 0.566. The zero-order valence-corrected chi connectivity index (χ0v) is 13.5. The summed E-state index contributed by atoms with van der Waals surface area (Å²) in [6, 6.07) is 10.2. The van der Waals surface area contributed by atoms with Gasteiger partial charge in [-0.15, -0.1) is 10.2 Å². The summed E-state index contributed by atoms with van der Waals surface area (Å²) in [4.78, 5) is 0.768. The summed E-state index contributed by atoms with van der Waals surface area (Å²) in [7, 11) is 0. The Bertz CT molecular complexity index is 1010. The van der Waals surface area contributed by atoms with Crippen LogP contribution >= 0.6 is 11.3 Å². The fourth-order valence-electron chi connectivity index (χ4n) is 2.43. The predicted octanol–water partition coefficient (Wildman–Crippen LogP) is 4.23. The summed E-state index contributed by atoms with van der Waals surface area (Å²) in [6.45, 7) is 3.99. The molecule has 0 saturated heterocycles. The van der Waals surface area contributed by atoms with Crippen molar-refractivity contribution in [3.8, 4) is 11.4 Å². The van der Waals surface area contributed by atoms with Crippen LogP contribution in [0.1, 0.15) is 21.9 Å². The van der Waals surface area contributed by atoms with Gasteiger partial charge in [0.15, 0.2) is 5.82 Å². The highest BCUT2D eigenvalue weighted by atomic mass is 32.1. The van der Waals surface area contributed by atoms with Gasteiger partial charge in [0.05, 0.1) is 11.8 Å². The van der Waals surface area contributed by atoms with Gasteiger partial charge < -0.3 is 4.42 Å². The van der Waals surface area contributed by atoms with Crippen LogP contribution in [0.2, 0.25) is 0 Å². The monoisotopic (exact) mass is 322 g/mol. The average molecular weight is 322 g/mol. The lowest BCUT2D eigenvalue weighted by Gasteiger charge is -1.94. The molecule has 6 heteroatoms. The Morgan fingerprint density at radius 2 is 2.04 bits per heavy atom. The van der Waals surface area contributed by atoms with Gasteiger partial charge in [0.25, 0.3) is 0 Å². The maximum Gasteiger partial charge on any atom is 0.235 e. The lowest BCUT2D eigenvalue weighted by atomic mass is 10.1. The molecule has 0 bridgehead atoms. The van der Waals surface area contributed by atoms with Gasteiger partial charge in [0.1, 0.15) is 10.8 Å². The van der Waals surface area contributed by atoms with Crippen LogP contribution < -0.4 is 0 Å². The Kier molecular flexibility index (Phi) is 3.31. The number of rotatable bonds is 3. The third kappa shape index (κ3) is 2.57. The molecule has 0 fully saturated rings. The zero-order chi connectivity index (χ0) is 15.8. The van der Waals surface area contributed by atoms with Crippen molar-refractivity contribution in [1.82, 2.24) is 19.8 Å². The molecular formula is C17H14N4OS. The SMILES string of the molecule is Cc1cccc(/C=C/c2nn3c(-c4ccoc4C)nnc3s2)c1. The highest BCUT2D eigenvalue weighted by molar-refractivity contribution is 7.17. The molecule has 5 nitrogen and oxygen atoms in total. The second-order valence-electron chi connectivity index (χ2n) is 5.30. The maximum absolute atomic E-state index is 5.34. The molecule has 3 heterocycles. The molecule has 0 aliphatic carbocycles. The van der Waals surface area contributed by atoms with E-state index < -0.39 is 0 Å². The molecule has 4 aromatic rings. The zero-order valence-electron chi connectivity index (χ0n) is 12.7. The van der Waals surface area contributed by atoms with E-state index in [4.69, 9.17) is 4.42 Å². The summed E-state index contributed by atoms with van der Waals surface area (Å²) < 4.78 is 7.10. The average Bonchev–Trinajstić information content (AvgIpc) is 3.21. The van der Waals surface area contributed by atoms with Crippen molar-refractivity contribution in [3.63, 3.8) is 0 Å².